The largest absolute Gasteiger partial charge is 0.343 e. The van der Waals surface area contributed by atoms with Gasteiger partial charge in [-0.05, 0) is 12.1 Å². The van der Waals surface area contributed by atoms with Gasteiger partial charge in [0.2, 0.25) is 0 Å². The number of halogens is 1. The van der Waals surface area contributed by atoms with Crippen LogP contribution in [0.2, 0.25) is 5.02 Å². The molecule has 1 aromatic carbocycles. The number of pyridine rings is 1. The van der Waals surface area contributed by atoms with E-state index >= 15 is 0 Å². The molecule has 0 atom stereocenters. The number of aromatic amines is 1. The Morgan fingerprint density at radius 3 is 3.00 bits per heavy atom. The number of benzene rings is 1. The van der Waals surface area contributed by atoms with Crippen molar-refractivity contribution in [2.75, 3.05) is 0 Å². The summed E-state index contributed by atoms with van der Waals surface area (Å²) in [6.45, 7) is 0.168. The van der Waals surface area contributed by atoms with Crippen LogP contribution in [-0.4, -0.2) is 31.5 Å². The highest BCUT2D eigenvalue weighted by Crippen LogP contribution is 2.22. The molecule has 100 valence electrons. The Balaban J connectivity index is 1.84. The van der Waals surface area contributed by atoms with Crippen molar-refractivity contribution in [1.29, 1.82) is 0 Å². The van der Waals surface area contributed by atoms with Gasteiger partial charge in [-0.2, -0.15) is 5.21 Å². The van der Waals surface area contributed by atoms with Crippen LogP contribution in [0, 0.1) is 0 Å². The van der Waals surface area contributed by atoms with Gasteiger partial charge in [0.05, 0.1) is 17.1 Å². The Morgan fingerprint density at radius 1 is 1.35 bits per heavy atom. The molecule has 3 aromatic rings. The fraction of sp³-hybridized carbons (Fsp3) is 0.0833. The monoisotopic (exact) mass is 288 g/mol. The molecule has 0 unspecified atom stereocenters. The number of para-hydroxylation sites is 1. The Bertz CT molecular complexity index is 758. The molecule has 2 heterocycles. The highest BCUT2D eigenvalue weighted by Gasteiger charge is 2.11. The van der Waals surface area contributed by atoms with Gasteiger partial charge in [0.1, 0.15) is 5.69 Å². The number of aromatic nitrogens is 5. The fourth-order valence-corrected chi connectivity index (χ4v) is 2.02. The minimum absolute atomic E-state index is 0.168. The van der Waals surface area contributed by atoms with Gasteiger partial charge in [-0.1, -0.05) is 35.0 Å². The van der Waals surface area contributed by atoms with E-state index in [1.54, 1.807) is 6.07 Å². The number of nitrogens with one attached hydrogen (secondary N) is 2. The zero-order valence-electron chi connectivity index (χ0n) is 10.2. The fourth-order valence-electron chi connectivity index (χ4n) is 1.76. The van der Waals surface area contributed by atoms with E-state index in [2.05, 4.69) is 30.9 Å². The predicted octanol–water partition coefficient (Wildman–Crippen LogP) is 1.33. The molecule has 2 aromatic heterocycles. The summed E-state index contributed by atoms with van der Waals surface area (Å²) in [5.41, 5.74) is 0.918. The predicted molar refractivity (Wildman–Crippen MR) is 72.1 cm³/mol. The van der Waals surface area contributed by atoms with Crippen molar-refractivity contribution in [1.82, 2.24) is 30.9 Å². The first-order valence-electron chi connectivity index (χ1n) is 5.80. The van der Waals surface area contributed by atoms with Crippen LogP contribution in [-0.2, 0) is 6.54 Å². The van der Waals surface area contributed by atoms with Gasteiger partial charge < -0.3 is 5.32 Å². The van der Waals surface area contributed by atoms with Gasteiger partial charge in [-0.25, -0.2) is 4.98 Å². The normalized spacial score (nSPS) is 10.7. The Hall–Kier alpha value is -2.54. The number of tetrazole rings is 1. The first-order valence-corrected chi connectivity index (χ1v) is 6.17. The second kappa shape index (κ2) is 5.22. The van der Waals surface area contributed by atoms with E-state index in [1.165, 1.54) is 6.07 Å². The van der Waals surface area contributed by atoms with Crippen molar-refractivity contribution in [3.05, 3.63) is 46.9 Å². The molecule has 0 saturated carbocycles. The van der Waals surface area contributed by atoms with E-state index in [4.69, 9.17) is 11.6 Å². The average molecular weight is 289 g/mol. The first kappa shape index (κ1) is 12.5. The van der Waals surface area contributed by atoms with E-state index in [-0.39, 0.29) is 18.1 Å². The van der Waals surface area contributed by atoms with E-state index in [9.17, 15) is 4.79 Å². The summed E-state index contributed by atoms with van der Waals surface area (Å²) in [6, 6.07) is 8.90. The topological polar surface area (TPSA) is 96.5 Å². The SMILES string of the molecule is O=C(NCc1nn[nH]n1)c1cc(Cl)c2ccccc2n1. The molecule has 1 amide bonds. The van der Waals surface area contributed by atoms with Gasteiger partial charge in [-0.15, -0.1) is 10.2 Å². The highest BCUT2D eigenvalue weighted by molar-refractivity contribution is 6.35. The summed E-state index contributed by atoms with van der Waals surface area (Å²) >= 11 is 6.15. The minimum atomic E-state index is -0.345. The third-order valence-electron chi connectivity index (χ3n) is 2.69. The lowest BCUT2D eigenvalue weighted by Gasteiger charge is -2.05. The highest BCUT2D eigenvalue weighted by atomic mass is 35.5. The number of hydrogen-bond donors (Lipinski definition) is 2. The molecule has 0 radical (unpaired) electrons. The summed E-state index contributed by atoms with van der Waals surface area (Å²) in [5.74, 6) is 0.0488. The van der Waals surface area contributed by atoms with Crippen molar-refractivity contribution in [2.24, 2.45) is 0 Å². The Labute approximate surface area is 118 Å². The van der Waals surface area contributed by atoms with E-state index in [0.717, 1.165) is 5.39 Å². The molecule has 0 bridgehead atoms. The van der Waals surface area contributed by atoms with Gasteiger partial charge >= 0.3 is 0 Å². The molecular formula is C12H9ClN6O. The summed E-state index contributed by atoms with van der Waals surface area (Å²) in [7, 11) is 0. The number of nitrogens with zero attached hydrogens (tertiary/aromatic N) is 4. The van der Waals surface area contributed by atoms with E-state index in [0.29, 0.717) is 16.4 Å². The molecule has 0 spiro atoms. The maximum absolute atomic E-state index is 12.0. The van der Waals surface area contributed by atoms with Crippen LogP contribution in [0.25, 0.3) is 10.9 Å². The standard InChI is InChI=1S/C12H9ClN6O/c13-8-5-10(15-9-4-2-1-3-7(8)9)12(20)14-6-11-16-18-19-17-11/h1-5H,6H2,(H,14,20)(H,16,17,18,19). The molecule has 0 aliphatic heterocycles. The quantitative estimate of drug-likeness (QED) is 0.758. The molecule has 7 nitrogen and oxygen atoms in total. The lowest BCUT2D eigenvalue weighted by Crippen LogP contribution is -2.24. The van der Waals surface area contributed by atoms with Crippen molar-refractivity contribution < 1.29 is 4.79 Å². The number of carbonyl (C=O) groups excluding carboxylic acids is 1. The summed E-state index contributed by atoms with van der Waals surface area (Å²) < 4.78 is 0. The van der Waals surface area contributed by atoms with Crippen LogP contribution < -0.4 is 5.32 Å². The smallest absolute Gasteiger partial charge is 0.270 e. The lowest BCUT2D eigenvalue weighted by molar-refractivity contribution is 0.0945. The van der Waals surface area contributed by atoms with E-state index < -0.39 is 0 Å². The number of hydrogen-bond acceptors (Lipinski definition) is 5. The Morgan fingerprint density at radius 2 is 2.20 bits per heavy atom. The molecule has 3 rings (SSSR count). The second-order valence-electron chi connectivity index (χ2n) is 4.02. The second-order valence-corrected chi connectivity index (χ2v) is 4.42. The number of H-pyrrole nitrogens is 1. The maximum Gasteiger partial charge on any atom is 0.270 e. The number of rotatable bonds is 3. The maximum atomic E-state index is 12.0. The molecule has 0 aliphatic rings. The van der Waals surface area contributed by atoms with Crippen LogP contribution in [0.1, 0.15) is 16.3 Å². The zero-order valence-corrected chi connectivity index (χ0v) is 10.9. The molecular weight excluding hydrogens is 280 g/mol. The van der Waals surface area contributed by atoms with Crippen LogP contribution in [0.15, 0.2) is 30.3 Å². The third-order valence-corrected chi connectivity index (χ3v) is 3.01. The Kier molecular flexibility index (Phi) is 3.26. The number of carbonyl (C=O) groups is 1. The van der Waals surface area contributed by atoms with Crippen molar-refractivity contribution in [3.63, 3.8) is 0 Å². The molecule has 8 heteroatoms. The molecule has 0 fully saturated rings. The van der Waals surface area contributed by atoms with Gasteiger partial charge in [0.15, 0.2) is 5.82 Å². The minimum Gasteiger partial charge on any atom is -0.343 e. The van der Waals surface area contributed by atoms with Crippen LogP contribution >= 0.6 is 11.6 Å². The number of fused-ring (bicyclic) bond motifs is 1. The van der Waals surface area contributed by atoms with Crippen molar-refractivity contribution in [3.8, 4) is 0 Å². The summed E-state index contributed by atoms with van der Waals surface area (Å²) in [5, 5.41) is 17.1. The van der Waals surface area contributed by atoms with Crippen LogP contribution in [0.3, 0.4) is 0 Å². The van der Waals surface area contributed by atoms with Crippen LogP contribution in [0.5, 0.6) is 0 Å². The molecule has 2 N–H and O–H groups in total. The summed E-state index contributed by atoms with van der Waals surface area (Å²) in [4.78, 5) is 16.3. The van der Waals surface area contributed by atoms with Crippen LogP contribution in [0.4, 0.5) is 0 Å². The van der Waals surface area contributed by atoms with Crippen molar-refractivity contribution in [2.45, 2.75) is 6.54 Å². The van der Waals surface area contributed by atoms with E-state index in [1.807, 2.05) is 18.2 Å². The van der Waals surface area contributed by atoms with Gasteiger partial charge in [0.25, 0.3) is 5.91 Å². The molecule has 0 saturated heterocycles. The molecule has 0 aliphatic carbocycles. The van der Waals surface area contributed by atoms with Crippen molar-refractivity contribution >= 4 is 28.4 Å². The number of amides is 1. The summed E-state index contributed by atoms with van der Waals surface area (Å²) in [6.07, 6.45) is 0. The lowest BCUT2D eigenvalue weighted by atomic mass is 10.2. The molecule has 20 heavy (non-hydrogen) atoms. The van der Waals surface area contributed by atoms with Gasteiger partial charge in [0, 0.05) is 5.39 Å². The average Bonchev–Trinajstić information content (AvgIpc) is 2.98. The first-order chi connectivity index (χ1) is 9.74. The third kappa shape index (κ3) is 2.43. The van der Waals surface area contributed by atoms with Gasteiger partial charge in [-0.3, -0.25) is 4.79 Å². The zero-order chi connectivity index (χ0) is 13.9.